The van der Waals surface area contributed by atoms with Crippen LogP contribution in [-0.2, 0) is 16.4 Å². The molecule has 7 nitrogen and oxygen atoms in total. The average molecular weight is 419 g/mol. The fourth-order valence-corrected chi connectivity index (χ4v) is 4.25. The van der Waals surface area contributed by atoms with Crippen LogP contribution in [0.4, 0.5) is 16.2 Å². The maximum Gasteiger partial charge on any atom is 0.511 e. The summed E-state index contributed by atoms with van der Waals surface area (Å²) in [5, 5.41) is 11.8. The molecule has 0 fully saturated rings. The largest absolute Gasteiger partial charge is 0.511 e. The maximum absolute atomic E-state index is 12.2. The number of fused-ring (bicyclic) bond motifs is 1. The molecule has 156 valence electrons. The molecule has 8 heteroatoms. The van der Waals surface area contributed by atoms with E-state index >= 15 is 0 Å². The number of nitrogens with one attached hydrogen (secondary N) is 2. The third-order valence-electron chi connectivity index (χ3n) is 5.11. The van der Waals surface area contributed by atoms with Crippen LogP contribution in [0.1, 0.15) is 44.9 Å². The van der Waals surface area contributed by atoms with Crippen LogP contribution >= 0.6 is 0 Å². The van der Waals surface area contributed by atoms with Gasteiger partial charge in [-0.2, -0.15) is 0 Å². The van der Waals surface area contributed by atoms with Crippen molar-refractivity contribution in [1.82, 2.24) is 0 Å². The fourth-order valence-electron chi connectivity index (χ4n) is 3.56. The van der Waals surface area contributed by atoms with E-state index in [0.29, 0.717) is 12.1 Å². The lowest BCUT2D eigenvalue weighted by Crippen LogP contribution is -2.35. The Bertz CT molecular complexity index is 1030. The lowest BCUT2D eigenvalue weighted by Gasteiger charge is -2.41. The Morgan fingerprint density at radius 1 is 1.24 bits per heavy atom. The molecule has 0 aromatic heterocycles. The van der Waals surface area contributed by atoms with Crippen LogP contribution < -0.4 is 14.8 Å². The van der Waals surface area contributed by atoms with E-state index in [4.69, 9.17) is 9.84 Å². The highest BCUT2D eigenvalue weighted by molar-refractivity contribution is 7.93. The van der Waals surface area contributed by atoms with Crippen LogP contribution in [-0.4, -0.2) is 24.9 Å². The van der Waals surface area contributed by atoms with Crippen LogP contribution in [0.15, 0.2) is 42.5 Å². The zero-order valence-electron chi connectivity index (χ0n) is 16.9. The molecule has 1 aliphatic heterocycles. The zero-order chi connectivity index (χ0) is 21.4. The van der Waals surface area contributed by atoms with E-state index in [1.165, 1.54) is 0 Å². The summed E-state index contributed by atoms with van der Waals surface area (Å²) in [5.41, 5.74) is 3.17. The SMILES string of the molecule is CC(C)S(=O)(=O)Nc1cccc(C2Nc3ccc(OC(=O)O)cc3CC2(C)C)c1. The minimum absolute atomic E-state index is 0.0512. The first-order chi connectivity index (χ1) is 13.5. The van der Waals surface area contributed by atoms with Crippen LogP contribution in [0.5, 0.6) is 5.75 Å². The summed E-state index contributed by atoms with van der Waals surface area (Å²) in [6.07, 6.45) is -0.634. The standard InChI is InChI=1S/C21H26N2O5S/c1-13(2)29(26,27)23-16-7-5-6-14(10-16)19-21(3,4)12-15-11-17(28-20(24)25)8-9-18(15)22-19/h5-11,13,19,22-23H,12H2,1-4H3,(H,24,25). The fraction of sp³-hybridized carbons (Fsp3) is 0.381. The molecule has 3 rings (SSSR count). The molecule has 3 N–H and O–H groups in total. The summed E-state index contributed by atoms with van der Waals surface area (Å²) in [5.74, 6) is 0.289. The van der Waals surface area contributed by atoms with Crippen molar-refractivity contribution in [2.45, 2.75) is 45.4 Å². The average Bonchev–Trinajstić information content (AvgIpc) is 2.59. The van der Waals surface area contributed by atoms with Crippen LogP contribution in [0, 0.1) is 5.41 Å². The van der Waals surface area contributed by atoms with Gasteiger partial charge in [-0.25, -0.2) is 13.2 Å². The molecule has 0 bridgehead atoms. The number of rotatable bonds is 5. The number of carboxylic acid groups (broad SMARTS) is 1. The van der Waals surface area contributed by atoms with Crippen LogP contribution in [0.2, 0.25) is 0 Å². The molecule has 0 amide bonds. The topological polar surface area (TPSA) is 105 Å². The minimum atomic E-state index is -3.42. The van der Waals surface area contributed by atoms with Gasteiger partial charge in [0.25, 0.3) is 0 Å². The van der Waals surface area contributed by atoms with Gasteiger partial charge in [0.05, 0.1) is 11.3 Å². The van der Waals surface area contributed by atoms with E-state index in [9.17, 15) is 13.2 Å². The first-order valence-corrected chi connectivity index (χ1v) is 10.9. The number of hydrogen-bond acceptors (Lipinski definition) is 5. The first-order valence-electron chi connectivity index (χ1n) is 9.40. The maximum atomic E-state index is 12.2. The van der Waals surface area contributed by atoms with Gasteiger partial charge in [-0.3, -0.25) is 4.72 Å². The molecule has 1 aliphatic rings. The summed E-state index contributed by atoms with van der Waals surface area (Å²) in [7, 11) is -3.42. The van der Waals surface area contributed by atoms with Crippen molar-refractivity contribution in [1.29, 1.82) is 0 Å². The molecule has 0 saturated carbocycles. The Hall–Kier alpha value is -2.74. The number of anilines is 2. The van der Waals surface area contributed by atoms with Crippen molar-refractivity contribution >= 4 is 27.6 Å². The van der Waals surface area contributed by atoms with Crippen molar-refractivity contribution < 1.29 is 23.1 Å². The number of carbonyl (C=O) groups is 1. The predicted molar refractivity (Wildman–Crippen MR) is 113 cm³/mol. The zero-order valence-corrected chi connectivity index (χ0v) is 17.7. The Morgan fingerprint density at radius 2 is 1.97 bits per heavy atom. The highest BCUT2D eigenvalue weighted by atomic mass is 32.2. The van der Waals surface area contributed by atoms with Gasteiger partial charge >= 0.3 is 6.16 Å². The summed E-state index contributed by atoms with van der Waals surface area (Å²) < 4.78 is 31.8. The number of sulfonamides is 1. The summed E-state index contributed by atoms with van der Waals surface area (Å²) in [4.78, 5) is 10.8. The van der Waals surface area contributed by atoms with E-state index in [-0.39, 0.29) is 17.2 Å². The molecule has 2 aromatic rings. The third-order valence-corrected chi connectivity index (χ3v) is 6.87. The highest BCUT2D eigenvalue weighted by Gasteiger charge is 2.36. The second kappa shape index (κ2) is 7.59. The molecular formula is C21H26N2O5S. The highest BCUT2D eigenvalue weighted by Crippen LogP contribution is 2.46. The molecule has 0 aliphatic carbocycles. The van der Waals surface area contributed by atoms with E-state index in [2.05, 4.69) is 23.9 Å². The second-order valence-corrected chi connectivity index (χ2v) is 10.5. The second-order valence-electron chi connectivity index (χ2n) is 8.25. The Kier molecular flexibility index (Phi) is 5.49. The van der Waals surface area contributed by atoms with Crippen molar-refractivity contribution in [3.63, 3.8) is 0 Å². The van der Waals surface area contributed by atoms with E-state index in [1.807, 2.05) is 18.2 Å². The smallest absolute Gasteiger partial charge is 0.449 e. The molecule has 0 spiro atoms. The summed E-state index contributed by atoms with van der Waals surface area (Å²) >= 11 is 0. The Balaban J connectivity index is 1.90. The van der Waals surface area contributed by atoms with Crippen molar-refractivity contribution in [3.8, 4) is 5.75 Å². The summed E-state index contributed by atoms with van der Waals surface area (Å²) in [6, 6.07) is 12.5. The molecule has 1 heterocycles. The lowest BCUT2D eigenvalue weighted by atomic mass is 9.73. The molecule has 1 unspecified atom stereocenters. The van der Waals surface area contributed by atoms with Gasteiger partial charge in [0.1, 0.15) is 5.75 Å². The van der Waals surface area contributed by atoms with Gasteiger partial charge in [0.2, 0.25) is 10.0 Å². The molecule has 0 saturated heterocycles. The van der Waals surface area contributed by atoms with Crippen LogP contribution in [0.25, 0.3) is 0 Å². The third kappa shape index (κ3) is 4.64. The number of benzene rings is 2. The van der Waals surface area contributed by atoms with Gasteiger partial charge < -0.3 is 15.2 Å². The molecule has 0 radical (unpaired) electrons. The minimum Gasteiger partial charge on any atom is -0.449 e. The predicted octanol–water partition coefficient (Wildman–Crippen LogP) is 4.63. The van der Waals surface area contributed by atoms with Gasteiger partial charge in [0.15, 0.2) is 0 Å². The van der Waals surface area contributed by atoms with E-state index in [1.54, 1.807) is 38.1 Å². The van der Waals surface area contributed by atoms with E-state index < -0.39 is 21.4 Å². The van der Waals surface area contributed by atoms with Crippen molar-refractivity contribution in [2.24, 2.45) is 5.41 Å². The first kappa shape index (κ1) is 21.0. The van der Waals surface area contributed by atoms with Crippen LogP contribution in [0.3, 0.4) is 0 Å². The van der Waals surface area contributed by atoms with Gasteiger partial charge in [-0.1, -0.05) is 26.0 Å². The quantitative estimate of drug-likeness (QED) is 0.483. The normalized spacial score (nSPS) is 17.9. The molecule has 29 heavy (non-hydrogen) atoms. The van der Waals surface area contributed by atoms with Gasteiger partial charge in [-0.15, -0.1) is 0 Å². The lowest BCUT2D eigenvalue weighted by molar-refractivity contribution is 0.144. The van der Waals surface area contributed by atoms with Gasteiger partial charge in [-0.05, 0) is 67.1 Å². The molecule has 2 aromatic carbocycles. The Labute approximate surface area is 171 Å². The number of ether oxygens (including phenoxy) is 1. The molecule has 1 atom stereocenters. The monoisotopic (exact) mass is 418 g/mol. The van der Waals surface area contributed by atoms with E-state index in [0.717, 1.165) is 16.8 Å². The molecular weight excluding hydrogens is 392 g/mol. The Morgan fingerprint density at radius 3 is 2.62 bits per heavy atom. The van der Waals surface area contributed by atoms with Gasteiger partial charge in [0, 0.05) is 11.4 Å². The summed E-state index contributed by atoms with van der Waals surface area (Å²) in [6.45, 7) is 7.50. The number of hydrogen-bond donors (Lipinski definition) is 3. The van der Waals surface area contributed by atoms with Crippen molar-refractivity contribution in [3.05, 3.63) is 53.6 Å². The van der Waals surface area contributed by atoms with Crippen molar-refractivity contribution in [2.75, 3.05) is 10.0 Å².